The van der Waals surface area contributed by atoms with Crippen LogP contribution in [0, 0.1) is 5.41 Å². The number of carbonyl (C=O) groups is 1. The lowest BCUT2D eigenvalue weighted by atomic mass is 9.69. The van der Waals surface area contributed by atoms with Crippen LogP contribution in [0.5, 0.6) is 5.75 Å². The van der Waals surface area contributed by atoms with Crippen LogP contribution in [0.4, 0.5) is 5.82 Å². The Morgan fingerprint density at radius 3 is 2.89 bits per heavy atom. The first kappa shape index (κ1) is 17.7. The Morgan fingerprint density at radius 2 is 2.15 bits per heavy atom. The van der Waals surface area contributed by atoms with Crippen LogP contribution in [0.15, 0.2) is 36.9 Å². The number of hydrogen-bond donors (Lipinski definition) is 2. The first-order valence-corrected chi connectivity index (χ1v) is 9.21. The number of carbonyl (C=O) groups excluding carboxylic acids is 1. The summed E-state index contributed by atoms with van der Waals surface area (Å²) in [6, 6.07) is 2.97. The summed E-state index contributed by atoms with van der Waals surface area (Å²) in [6.07, 6.45) is 8.88. The summed E-state index contributed by atoms with van der Waals surface area (Å²) in [5.74, 6) is 0.401. The molecular formula is C19H23N5O3. The monoisotopic (exact) mass is 369 g/mol. The Bertz CT molecular complexity index is 818. The minimum absolute atomic E-state index is 0.00753. The number of hydrogen-bond acceptors (Lipinski definition) is 7. The molecule has 4 heterocycles. The van der Waals surface area contributed by atoms with Gasteiger partial charge in [0.05, 0.1) is 12.8 Å². The van der Waals surface area contributed by atoms with Crippen molar-refractivity contribution in [3.63, 3.8) is 0 Å². The average molecular weight is 369 g/mol. The molecule has 8 nitrogen and oxygen atoms in total. The van der Waals surface area contributed by atoms with E-state index in [2.05, 4.69) is 19.9 Å². The predicted octanol–water partition coefficient (Wildman–Crippen LogP) is 1.07. The largest absolute Gasteiger partial charge is 0.505 e. The van der Waals surface area contributed by atoms with E-state index in [0.717, 1.165) is 31.6 Å². The number of anilines is 1. The lowest BCUT2D eigenvalue weighted by molar-refractivity contribution is -0.0263. The second-order valence-corrected chi connectivity index (χ2v) is 7.28. The lowest BCUT2D eigenvalue weighted by Crippen LogP contribution is -2.63. The molecule has 0 saturated carbocycles. The summed E-state index contributed by atoms with van der Waals surface area (Å²) < 4.78 is 0. The number of nitrogens with zero attached hydrogens (tertiary/aromatic N) is 5. The molecule has 0 radical (unpaired) electrons. The summed E-state index contributed by atoms with van der Waals surface area (Å²) in [6.45, 7) is 1.94. The van der Waals surface area contributed by atoms with Crippen molar-refractivity contribution in [3.05, 3.63) is 42.6 Å². The first-order chi connectivity index (χ1) is 13.1. The van der Waals surface area contributed by atoms with Crippen molar-refractivity contribution in [1.82, 2.24) is 19.9 Å². The second-order valence-electron chi connectivity index (χ2n) is 7.28. The summed E-state index contributed by atoms with van der Waals surface area (Å²) >= 11 is 0. The number of likely N-dealkylation sites (tertiary alicyclic amines) is 1. The molecule has 2 aliphatic heterocycles. The van der Waals surface area contributed by atoms with E-state index in [1.54, 1.807) is 29.6 Å². The normalized spacial score (nSPS) is 25.1. The Labute approximate surface area is 157 Å². The highest BCUT2D eigenvalue weighted by Gasteiger charge is 2.49. The highest BCUT2D eigenvalue weighted by atomic mass is 16.3. The van der Waals surface area contributed by atoms with E-state index < -0.39 is 5.41 Å². The van der Waals surface area contributed by atoms with Gasteiger partial charge in [-0.2, -0.15) is 0 Å². The third kappa shape index (κ3) is 3.10. The maximum absolute atomic E-state index is 13.1. The number of amides is 1. The number of aliphatic hydroxyl groups is 1. The zero-order valence-corrected chi connectivity index (χ0v) is 15.0. The van der Waals surface area contributed by atoms with Gasteiger partial charge in [0.2, 0.25) is 0 Å². The summed E-state index contributed by atoms with van der Waals surface area (Å²) in [7, 11) is 0. The van der Waals surface area contributed by atoms with E-state index in [0.29, 0.717) is 13.1 Å². The van der Waals surface area contributed by atoms with Gasteiger partial charge in [0.1, 0.15) is 11.6 Å². The van der Waals surface area contributed by atoms with Crippen LogP contribution in [0.2, 0.25) is 0 Å². The third-order valence-electron chi connectivity index (χ3n) is 5.77. The molecule has 2 aromatic heterocycles. The van der Waals surface area contributed by atoms with E-state index in [9.17, 15) is 15.0 Å². The Balaban J connectivity index is 1.61. The fraction of sp³-hybridized carbons (Fsp3) is 0.474. The first-order valence-electron chi connectivity index (χ1n) is 9.21. The smallest absolute Gasteiger partial charge is 0.276 e. The molecule has 2 atom stereocenters. The highest BCUT2D eigenvalue weighted by molar-refractivity contribution is 5.95. The molecule has 8 heteroatoms. The molecule has 0 unspecified atom stereocenters. The van der Waals surface area contributed by atoms with Crippen molar-refractivity contribution in [2.24, 2.45) is 5.41 Å². The highest BCUT2D eigenvalue weighted by Crippen LogP contribution is 2.42. The lowest BCUT2D eigenvalue weighted by Gasteiger charge is -2.54. The van der Waals surface area contributed by atoms with Gasteiger partial charge in [0.25, 0.3) is 5.91 Å². The topological polar surface area (TPSA) is 103 Å². The average Bonchev–Trinajstić information content (AvgIpc) is 2.73. The van der Waals surface area contributed by atoms with Crippen LogP contribution in [0.1, 0.15) is 29.8 Å². The van der Waals surface area contributed by atoms with Crippen molar-refractivity contribution in [1.29, 1.82) is 0 Å². The zero-order chi connectivity index (χ0) is 18.9. The molecule has 2 aromatic rings. The molecule has 2 fully saturated rings. The number of rotatable bonds is 3. The molecule has 142 valence electrons. The van der Waals surface area contributed by atoms with E-state index in [1.807, 2.05) is 0 Å². The minimum Gasteiger partial charge on any atom is -0.505 e. The number of fused-ring (bicyclic) bond motifs is 1. The van der Waals surface area contributed by atoms with Gasteiger partial charge in [-0.15, -0.1) is 0 Å². The molecule has 27 heavy (non-hydrogen) atoms. The number of aliphatic hydroxyl groups excluding tert-OH is 1. The van der Waals surface area contributed by atoms with Crippen molar-refractivity contribution in [2.45, 2.75) is 25.3 Å². The molecule has 1 amide bonds. The van der Waals surface area contributed by atoms with Crippen LogP contribution in [-0.4, -0.2) is 68.3 Å². The van der Waals surface area contributed by atoms with Crippen LogP contribution in [0.25, 0.3) is 0 Å². The number of aromatic hydroxyl groups is 1. The quantitative estimate of drug-likeness (QED) is 0.834. The van der Waals surface area contributed by atoms with Crippen molar-refractivity contribution >= 4 is 11.7 Å². The number of piperidine rings is 2. The molecule has 0 bridgehead atoms. The van der Waals surface area contributed by atoms with Gasteiger partial charge in [0.15, 0.2) is 5.69 Å². The van der Waals surface area contributed by atoms with Crippen LogP contribution in [0.3, 0.4) is 0 Å². The van der Waals surface area contributed by atoms with Crippen molar-refractivity contribution in [2.75, 3.05) is 31.1 Å². The molecule has 4 rings (SSSR count). The van der Waals surface area contributed by atoms with Crippen molar-refractivity contribution in [3.8, 4) is 5.75 Å². The van der Waals surface area contributed by atoms with E-state index >= 15 is 0 Å². The maximum atomic E-state index is 13.1. The fourth-order valence-electron chi connectivity index (χ4n) is 4.46. The zero-order valence-electron chi connectivity index (χ0n) is 15.0. The SMILES string of the molecule is O=C(c1ncccc1O)N1CCC[C@]2(CO)CN(c3cnccn3)CC[C@@H]12. The standard InChI is InChI=1S/C19H23N5O3/c25-13-19-5-2-9-24(18(27)17-14(26)3-1-6-22-17)15(19)4-10-23(12-19)16-11-20-7-8-21-16/h1,3,6-8,11,15,25-26H,2,4-5,9-10,12-13H2/t15-,19-/m1/s1. The molecule has 2 saturated heterocycles. The summed E-state index contributed by atoms with van der Waals surface area (Å²) in [4.78, 5) is 29.6. The Hall–Kier alpha value is -2.74. The molecule has 0 aromatic carbocycles. The fourth-order valence-corrected chi connectivity index (χ4v) is 4.46. The van der Waals surface area contributed by atoms with Crippen LogP contribution in [-0.2, 0) is 0 Å². The third-order valence-corrected chi connectivity index (χ3v) is 5.77. The van der Waals surface area contributed by atoms with Crippen LogP contribution < -0.4 is 4.90 Å². The molecule has 0 spiro atoms. The number of aromatic nitrogens is 3. The molecule has 2 aliphatic rings. The summed E-state index contributed by atoms with van der Waals surface area (Å²) in [5.41, 5.74) is -0.351. The van der Waals surface area contributed by atoms with Gasteiger partial charge in [-0.05, 0) is 31.4 Å². The molecular weight excluding hydrogens is 346 g/mol. The van der Waals surface area contributed by atoms with E-state index in [-0.39, 0.29) is 30.0 Å². The maximum Gasteiger partial charge on any atom is 0.276 e. The van der Waals surface area contributed by atoms with Gasteiger partial charge in [0, 0.05) is 49.7 Å². The van der Waals surface area contributed by atoms with Gasteiger partial charge in [-0.25, -0.2) is 9.97 Å². The summed E-state index contributed by atoms with van der Waals surface area (Å²) in [5, 5.41) is 20.3. The van der Waals surface area contributed by atoms with E-state index in [1.165, 1.54) is 12.3 Å². The van der Waals surface area contributed by atoms with Crippen molar-refractivity contribution < 1.29 is 15.0 Å². The van der Waals surface area contributed by atoms with Gasteiger partial charge in [-0.3, -0.25) is 9.78 Å². The van der Waals surface area contributed by atoms with Gasteiger partial charge >= 0.3 is 0 Å². The van der Waals surface area contributed by atoms with E-state index in [4.69, 9.17) is 0 Å². The molecule has 2 N–H and O–H groups in total. The molecule has 0 aliphatic carbocycles. The number of pyridine rings is 1. The minimum atomic E-state index is -0.423. The van der Waals surface area contributed by atoms with Gasteiger partial charge in [-0.1, -0.05) is 0 Å². The second kappa shape index (κ2) is 7.11. The van der Waals surface area contributed by atoms with Gasteiger partial charge < -0.3 is 20.0 Å². The Kier molecular flexibility index (Phi) is 4.65. The predicted molar refractivity (Wildman–Crippen MR) is 98.3 cm³/mol. The van der Waals surface area contributed by atoms with Crippen LogP contribution >= 0.6 is 0 Å². The Morgan fingerprint density at radius 1 is 1.26 bits per heavy atom.